The lowest BCUT2D eigenvalue weighted by Crippen LogP contribution is -2.20. The van der Waals surface area contributed by atoms with Crippen LogP contribution in [0.25, 0.3) is 6.08 Å². The van der Waals surface area contributed by atoms with Crippen LogP contribution in [0.5, 0.6) is 0 Å². The second kappa shape index (κ2) is 10.2. The van der Waals surface area contributed by atoms with E-state index in [2.05, 4.69) is 10.6 Å². The summed E-state index contributed by atoms with van der Waals surface area (Å²) in [6, 6.07) is 14.1. The quantitative estimate of drug-likeness (QED) is 0.436. The van der Waals surface area contributed by atoms with Crippen LogP contribution < -0.4 is 10.6 Å². The van der Waals surface area contributed by atoms with Crippen LogP contribution in [0.4, 0.5) is 5.69 Å². The van der Waals surface area contributed by atoms with E-state index in [1.54, 1.807) is 49.2 Å². The molecule has 0 atom stereocenters. The Morgan fingerprint density at radius 3 is 2.30 bits per heavy atom. The summed E-state index contributed by atoms with van der Waals surface area (Å²) in [5.74, 6) is -1.28. The lowest BCUT2D eigenvalue weighted by atomic mass is 10.2. The maximum absolute atomic E-state index is 11.8. The largest absolute Gasteiger partial charge is 0.452 e. The summed E-state index contributed by atoms with van der Waals surface area (Å²) >= 11 is 1.64. The van der Waals surface area contributed by atoms with Crippen molar-refractivity contribution in [3.8, 4) is 0 Å². The standard InChI is InChI=1S/C20H20N2O4S/c1-21-20(25)15-6-8-16(9-7-15)22-18(23)13-26-19(24)12-5-14-3-10-17(27-2)11-4-14/h3-12H,13H2,1-2H3,(H,21,25)(H,22,23)/b12-5+. The zero-order chi connectivity index (χ0) is 19.6. The second-order valence-corrected chi connectivity index (χ2v) is 6.30. The highest BCUT2D eigenvalue weighted by molar-refractivity contribution is 7.98. The number of esters is 1. The number of rotatable bonds is 7. The minimum Gasteiger partial charge on any atom is -0.452 e. The van der Waals surface area contributed by atoms with Crippen LogP contribution in [0.15, 0.2) is 59.5 Å². The highest BCUT2D eigenvalue weighted by atomic mass is 32.2. The zero-order valence-corrected chi connectivity index (χ0v) is 15.8. The molecule has 0 bridgehead atoms. The lowest BCUT2D eigenvalue weighted by Gasteiger charge is -2.06. The van der Waals surface area contributed by atoms with Gasteiger partial charge in [-0.15, -0.1) is 11.8 Å². The van der Waals surface area contributed by atoms with Crippen molar-refractivity contribution in [1.82, 2.24) is 5.32 Å². The van der Waals surface area contributed by atoms with Crippen molar-refractivity contribution >= 4 is 41.3 Å². The Labute approximate surface area is 162 Å². The van der Waals surface area contributed by atoms with Crippen LogP contribution >= 0.6 is 11.8 Å². The molecule has 0 radical (unpaired) electrons. The molecule has 0 saturated carbocycles. The summed E-state index contributed by atoms with van der Waals surface area (Å²) in [5, 5.41) is 5.11. The average Bonchev–Trinajstić information content (AvgIpc) is 2.71. The molecular weight excluding hydrogens is 364 g/mol. The zero-order valence-electron chi connectivity index (χ0n) is 15.0. The van der Waals surface area contributed by atoms with Crippen LogP contribution in [0.3, 0.4) is 0 Å². The number of anilines is 1. The van der Waals surface area contributed by atoms with Gasteiger partial charge in [0.15, 0.2) is 6.61 Å². The van der Waals surface area contributed by atoms with Crippen molar-refractivity contribution in [2.75, 3.05) is 25.2 Å². The Hall–Kier alpha value is -3.06. The fourth-order valence-electron chi connectivity index (χ4n) is 2.11. The predicted molar refractivity (Wildman–Crippen MR) is 107 cm³/mol. The van der Waals surface area contributed by atoms with E-state index in [0.717, 1.165) is 10.5 Å². The number of nitrogens with one attached hydrogen (secondary N) is 2. The topological polar surface area (TPSA) is 84.5 Å². The molecule has 2 amide bonds. The molecule has 0 unspecified atom stereocenters. The van der Waals surface area contributed by atoms with Crippen LogP contribution in [-0.2, 0) is 14.3 Å². The predicted octanol–water partition coefficient (Wildman–Crippen LogP) is 2.96. The van der Waals surface area contributed by atoms with Crippen molar-refractivity contribution in [3.05, 3.63) is 65.7 Å². The van der Waals surface area contributed by atoms with Gasteiger partial charge in [-0.1, -0.05) is 12.1 Å². The number of hydrogen-bond acceptors (Lipinski definition) is 5. The van der Waals surface area contributed by atoms with Crippen LogP contribution in [-0.4, -0.2) is 37.7 Å². The third-order valence-electron chi connectivity index (χ3n) is 3.53. The SMILES string of the molecule is CNC(=O)c1ccc(NC(=O)COC(=O)/C=C/c2ccc(SC)cc2)cc1. The van der Waals surface area contributed by atoms with Gasteiger partial charge in [0.2, 0.25) is 0 Å². The van der Waals surface area contributed by atoms with Crippen molar-refractivity contribution < 1.29 is 19.1 Å². The molecule has 0 aliphatic rings. The second-order valence-electron chi connectivity index (χ2n) is 5.42. The third kappa shape index (κ3) is 6.63. The molecule has 0 aliphatic heterocycles. The lowest BCUT2D eigenvalue weighted by molar-refractivity contribution is -0.142. The van der Waals surface area contributed by atoms with Gasteiger partial charge in [-0.2, -0.15) is 0 Å². The molecule has 0 saturated heterocycles. The number of carbonyl (C=O) groups excluding carboxylic acids is 3. The van der Waals surface area contributed by atoms with E-state index in [1.165, 1.54) is 6.08 Å². The molecule has 0 aromatic heterocycles. The maximum Gasteiger partial charge on any atom is 0.331 e. The van der Waals surface area contributed by atoms with Crippen molar-refractivity contribution in [2.24, 2.45) is 0 Å². The molecule has 2 N–H and O–H groups in total. The van der Waals surface area contributed by atoms with E-state index in [4.69, 9.17) is 4.74 Å². The monoisotopic (exact) mass is 384 g/mol. The van der Waals surface area contributed by atoms with E-state index in [1.807, 2.05) is 30.5 Å². The van der Waals surface area contributed by atoms with Gasteiger partial charge in [0.1, 0.15) is 0 Å². The normalized spacial score (nSPS) is 10.4. The highest BCUT2D eigenvalue weighted by Crippen LogP contribution is 2.15. The number of thioether (sulfide) groups is 1. The maximum atomic E-state index is 11.8. The van der Waals surface area contributed by atoms with Gasteiger partial charge in [0.05, 0.1) is 0 Å². The van der Waals surface area contributed by atoms with E-state index in [-0.39, 0.29) is 5.91 Å². The Morgan fingerprint density at radius 1 is 1.04 bits per heavy atom. The van der Waals surface area contributed by atoms with E-state index in [9.17, 15) is 14.4 Å². The number of ether oxygens (including phenoxy) is 1. The van der Waals surface area contributed by atoms with E-state index >= 15 is 0 Å². The smallest absolute Gasteiger partial charge is 0.331 e. The fourth-order valence-corrected chi connectivity index (χ4v) is 2.52. The van der Waals surface area contributed by atoms with Crippen molar-refractivity contribution in [1.29, 1.82) is 0 Å². The number of amides is 2. The molecule has 0 spiro atoms. The molecule has 0 heterocycles. The molecule has 2 aromatic rings. The fraction of sp³-hybridized carbons (Fsp3) is 0.150. The Balaban J connectivity index is 1.79. The van der Waals surface area contributed by atoms with Gasteiger partial charge in [-0.25, -0.2) is 4.79 Å². The molecule has 140 valence electrons. The minimum absolute atomic E-state index is 0.211. The first kappa shape index (κ1) is 20.3. The number of hydrogen-bond donors (Lipinski definition) is 2. The molecule has 27 heavy (non-hydrogen) atoms. The average molecular weight is 384 g/mol. The highest BCUT2D eigenvalue weighted by Gasteiger charge is 2.07. The van der Waals surface area contributed by atoms with Gasteiger partial charge < -0.3 is 15.4 Å². The van der Waals surface area contributed by atoms with E-state index in [0.29, 0.717) is 11.3 Å². The Morgan fingerprint density at radius 2 is 1.70 bits per heavy atom. The first-order valence-electron chi connectivity index (χ1n) is 8.12. The molecule has 0 aliphatic carbocycles. The summed E-state index contributed by atoms with van der Waals surface area (Å²) in [6.07, 6.45) is 4.89. The summed E-state index contributed by atoms with van der Waals surface area (Å²) in [7, 11) is 1.54. The van der Waals surface area contributed by atoms with Crippen molar-refractivity contribution in [2.45, 2.75) is 4.90 Å². The summed E-state index contributed by atoms with van der Waals surface area (Å²) < 4.78 is 4.92. The molecule has 2 aromatic carbocycles. The number of carbonyl (C=O) groups is 3. The minimum atomic E-state index is -0.603. The van der Waals surface area contributed by atoms with Gasteiger partial charge in [-0.05, 0) is 54.3 Å². The summed E-state index contributed by atoms with van der Waals surface area (Å²) in [5.41, 5.74) is 1.86. The van der Waals surface area contributed by atoms with E-state index < -0.39 is 18.5 Å². The van der Waals surface area contributed by atoms with Crippen molar-refractivity contribution in [3.63, 3.8) is 0 Å². The van der Waals surface area contributed by atoms with Gasteiger partial charge >= 0.3 is 5.97 Å². The molecular formula is C20H20N2O4S. The number of benzene rings is 2. The molecule has 2 rings (SSSR count). The molecule has 6 nitrogen and oxygen atoms in total. The van der Waals surface area contributed by atoms with Crippen LogP contribution in [0.1, 0.15) is 15.9 Å². The van der Waals surface area contributed by atoms with Crippen LogP contribution in [0, 0.1) is 0 Å². The Bertz CT molecular complexity index is 830. The van der Waals surface area contributed by atoms with Gasteiger partial charge in [0.25, 0.3) is 11.8 Å². The summed E-state index contributed by atoms with van der Waals surface area (Å²) in [4.78, 5) is 36.1. The van der Waals surface area contributed by atoms with Gasteiger partial charge in [-0.3, -0.25) is 9.59 Å². The first-order valence-corrected chi connectivity index (χ1v) is 9.35. The van der Waals surface area contributed by atoms with Crippen LogP contribution in [0.2, 0.25) is 0 Å². The molecule has 7 heteroatoms. The third-order valence-corrected chi connectivity index (χ3v) is 4.27. The summed E-state index contributed by atoms with van der Waals surface area (Å²) in [6.45, 7) is -0.397. The Kier molecular flexibility index (Phi) is 7.63. The first-order chi connectivity index (χ1) is 13.0. The molecule has 0 fully saturated rings. The van der Waals surface area contributed by atoms with Gasteiger partial charge in [0, 0.05) is 29.3 Å².